The lowest BCUT2D eigenvalue weighted by molar-refractivity contribution is 0.620. The molecule has 0 fully saturated rings. The van der Waals surface area contributed by atoms with Crippen LogP contribution in [0.2, 0.25) is 0 Å². The summed E-state index contributed by atoms with van der Waals surface area (Å²) in [6.07, 6.45) is 5.00. The van der Waals surface area contributed by atoms with Gasteiger partial charge in [-0.25, -0.2) is 4.39 Å². The molecule has 3 nitrogen and oxygen atoms in total. The van der Waals surface area contributed by atoms with Crippen LogP contribution >= 0.6 is 15.9 Å². The van der Waals surface area contributed by atoms with Crippen molar-refractivity contribution < 1.29 is 4.39 Å². The highest BCUT2D eigenvalue weighted by Crippen LogP contribution is 2.26. The minimum Gasteiger partial charge on any atom is -0.377 e. The van der Waals surface area contributed by atoms with Crippen LogP contribution in [0.4, 0.5) is 10.1 Å². The molecule has 0 bridgehead atoms. The predicted octanol–water partition coefficient (Wildman–Crippen LogP) is 3.86. The average molecular weight is 310 g/mol. The summed E-state index contributed by atoms with van der Waals surface area (Å²) in [5, 5.41) is 3.30. The molecule has 18 heavy (non-hydrogen) atoms. The summed E-state index contributed by atoms with van der Waals surface area (Å²) in [5.74, 6) is -0.259. The van der Waals surface area contributed by atoms with Gasteiger partial charge in [-0.2, -0.15) is 0 Å². The van der Waals surface area contributed by atoms with Crippen molar-refractivity contribution in [3.8, 4) is 0 Å². The molecule has 2 aromatic rings. The van der Waals surface area contributed by atoms with Crippen molar-refractivity contribution in [3.63, 3.8) is 0 Å². The Balaban J connectivity index is 2.22. The Bertz CT molecular complexity index is 545. The number of hydrogen-bond donors (Lipinski definition) is 1. The lowest BCUT2D eigenvalue weighted by Crippen LogP contribution is -2.09. The third-order valence-corrected chi connectivity index (χ3v) is 3.27. The van der Waals surface area contributed by atoms with Crippen molar-refractivity contribution >= 4 is 21.6 Å². The summed E-state index contributed by atoms with van der Waals surface area (Å²) in [5.41, 5.74) is 2.57. The Morgan fingerprint density at radius 1 is 1.33 bits per heavy atom. The van der Waals surface area contributed by atoms with Gasteiger partial charge in [-0.3, -0.25) is 9.97 Å². The molecule has 1 atom stereocenters. The summed E-state index contributed by atoms with van der Waals surface area (Å²) in [4.78, 5) is 8.26. The highest BCUT2D eigenvalue weighted by Gasteiger charge is 2.10. The van der Waals surface area contributed by atoms with Gasteiger partial charge in [-0.1, -0.05) is 0 Å². The van der Waals surface area contributed by atoms with E-state index in [1.807, 2.05) is 13.8 Å². The van der Waals surface area contributed by atoms with Crippen LogP contribution in [0.15, 0.2) is 35.2 Å². The maximum absolute atomic E-state index is 13.3. The van der Waals surface area contributed by atoms with Crippen LogP contribution in [0.1, 0.15) is 24.2 Å². The average Bonchev–Trinajstić information content (AvgIpc) is 2.37. The van der Waals surface area contributed by atoms with E-state index in [0.29, 0.717) is 4.47 Å². The van der Waals surface area contributed by atoms with E-state index in [1.54, 1.807) is 24.7 Å². The third-order valence-electron chi connectivity index (χ3n) is 2.67. The zero-order chi connectivity index (χ0) is 13.1. The van der Waals surface area contributed by atoms with Crippen LogP contribution in [0.25, 0.3) is 0 Å². The monoisotopic (exact) mass is 309 g/mol. The van der Waals surface area contributed by atoms with E-state index in [0.717, 1.165) is 16.9 Å². The van der Waals surface area contributed by atoms with Crippen molar-refractivity contribution in [1.82, 2.24) is 9.97 Å². The topological polar surface area (TPSA) is 37.8 Å². The molecule has 0 saturated carbocycles. The number of aromatic nitrogens is 2. The molecule has 5 heteroatoms. The fourth-order valence-corrected chi connectivity index (χ4v) is 1.99. The first-order valence-corrected chi connectivity index (χ1v) is 6.35. The smallest absolute Gasteiger partial charge is 0.137 e. The van der Waals surface area contributed by atoms with Gasteiger partial charge in [0.25, 0.3) is 0 Å². The van der Waals surface area contributed by atoms with Gasteiger partial charge in [0.2, 0.25) is 0 Å². The number of halogens is 2. The van der Waals surface area contributed by atoms with Crippen LogP contribution in [0.5, 0.6) is 0 Å². The minimum absolute atomic E-state index is 0.00904. The molecule has 1 N–H and O–H groups in total. The van der Waals surface area contributed by atoms with Crippen molar-refractivity contribution in [2.45, 2.75) is 19.9 Å². The molecular weight excluding hydrogens is 297 g/mol. The first-order chi connectivity index (χ1) is 8.58. The number of benzene rings is 1. The number of hydrogen-bond acceptors (Lipinski definition) is 3. The molecule has 0 amide bonds. The van der Waals surface area contributed by atoms with Gasteiger partial charge < -0.3 is 5.32 Å². The molecule has 1 heterocycles. The number of rotatable bonds is 3. The molecule has 94 valence electrons. The second-order valence-electron chi connectivity index (χ2n) is 4.08. The van der Waals surface area contributed by atoms with Gasteiger partial charge in [0.15, 0.2) is 0 Å². The van der Waals surface area contributed by atoms with E-state index in [4.69, 9.17) is 0 Å². The van der Waals surface area contributed by atoms with Gasteiger partial charge in [-0.15, -0.1) is 0 Å². The molecule has 0 aliphatic carbocycles. The van der Waals surface area contributed by atoms with Gasteiger partial charge in [0.05, 0.1) is 22.4 Å². The predicted molar refractivity (Wildman–Crippen MR) is 72.9 cm³/mol. The van der Waals surface area contributed by atoms with Crippen LogP contribution in [-0.4, -0.2) is 9.97 Å². The van der Waals surface area contributed by atoms with Crippen molar-refractivity contribution in [1.29, 1.82) is 0 Å². The highest BCUT2D eigenvalue weighted by molar-refractivity contribution is 9.10. The first-order valence-electron chi connectivity index (χ1n) is 5.56. The van der Waals surface area contributed by atoms with Gasteiger partial charge >= 0.3 is 0 Å². The molecule has 0 aliphatic rings. The molecule has 1 aromatic heterocycles. The molecule has 1 unspecified atom stereocenters. The van der Waals surface area contributed by atoms with Crippen molar-refractivity contribution in [3.05, 3.63) is 52.3 Å². The first kappa shape index (κ1) is 13.0. The maximum atomic E-state index is 13.3. The van der Waals surface area contributed by atoms with Crippen molar-refractivity contribution in [2.75, 3.05) is 5.32 Å². The fourth-order valence-electron chi connectivity index (χ4n) is 1.64. The standard InChI is InChI=1S/C13H13BrFN3/c1-8-5-11(15)10(14)6-12(8)18-9(2)13-7-16-3-4-17-13/h3-7,9,18H,1-2H3. The van der Waals surface area contributed by atoms with E-state index < -0.39 is 0 Å². The SMILES string of the molecule is Cc1cc(F)c(Br)cc1NC(C)c1cnccn1. The summed E-state index contributed by atoms with van der Waals surface area (Å²) in [7, 11) is 0. The molecule has 0 spiro atoms. The van der Waals surface area contributed by atoms with Crippen LogP contribution in [0.3, 0.4) is 0 Å². The van der Waals surface area contributed by atoms with Gasteiger partial charge in [0, 0.05) is 18.1 Å². The number of nitrogens with zero attached hydrogens (tertiary/aromatic N) is 2. The van der Waals surface area contributed by atoms with Crippen LogP contribution in [-0.2, 0) is 0 Å². The molecule has 0 saturated heterocycles. The van der Waals surface area contributed by atoms with Crippen LogP contribution in [0, 0.1) is 12.7 Å². The molecule has 2 rings (SSSR count). The number of aryl methyl sites for hydroxylation is 1. The molecule has 1 aromatic carbocycles. The molecule has 0 aliphatic heterocycles. The Labute approximate surface area is 114 Å². The largest absolute Gasteiger partial charge is 0.377 e. The van der Waals surface area contributed by atoms with E-state index in [2.05, 4.69) is 31.2 Å². The zero-order valence-corrected chi connectivity index (χ0v) is 11.7. The second-order valence-corrected chi connectivity index (χ2v) is 4.93. The third kappa shape index (κ3) is 2.85. The summed E-state index contributed by atoms with van der Waals surface area (Å²) in [6, 6.07) is 3.24. The van der Waals surface area contributed by atoms with Gasteiger partial charge in [0.1, 0.15) is 5.82 Å². The van der Waals surface area contributed by atoms with E-state index in [1.165, 1.54) is 6.07 Å². The summed E-state index contributed by atoms with van der Waals surface area (Å²) >= 11 is 3.18. The highest BCUT2D eigenvalue weighted by atomic mass is 79.9. The maximum Gasteiger partial charge on any atom is 0.137 e. The van der Waals surface area contributed by atoms with Crippen molar-refractivity contribution in [2.24, 2.45) is 0 Å². The second kappa shape index (κ2) is 5.44. The zero-order valence-electron chi connectivity index (χ0n) is 10.1. The fraction of sp³-hybridized carbons (Fsp3) is 0.231. The van der Waals surface area contributed by atoms with E-state index >= 15 is 0 Å². The Morgan fingerprint density at radius 3 is 2.78 bits per heavy atom. The lowest BCUT2D eigenvalue weighted by Gasteiger charge is -2.16. The quantitative estimate of drug-likeness (QED) is 0.935. The number of nitrogens with one attached hydrogen (secondary N) is 1. The Hall–Kier alpha value is -1.49. The normalized spacial score (nSPS) is 12.2. The van der Waals surface area contributed by atoms with Crippen LogP contribution < -0.4 is 5.32 Å². The van der Waals surface area contributed by atoms with Gasteiger partial charge in [-0.05, 0) is 47.5 Å². The summed E-state index contributed by atoms with van der Waals surface area (Å²) in [6.45, 7) is 3.85. The molecule has 0 radical (unpaired) electrons. The number of anilines is 1. The Kier molecular flexibility index (Phi) is 3.91. The Morgan fingerprint density at radius 2 is 2.11 bits per heavy atom. The lowest BCUT2D eigenvalue weighted by atomic mass is 10.1. The van der Waals surface area contributed by atoms with E-state index in [9.17, 15) is 4.39 Å². The summed E-state index contributed by atoms with van der Waals surface area (Å²) < 4.78 is 13.8. The van der Waals surface area contributed by atoms with E-state index in [-0.39, 0.29) is 11.9 Å². The minimum atomic E-state index is -0.259. The molecular formula is C13H13BrFN3.